The number of amides is 1. The van der Waals surface area contributed by atoms with Gasteiger partial charge in [-0.1, -0.05) is 6.07 Å². The first-order chi connectivity index (χ1) is 11.5. The van der Waals surface area contributed by atoms with Crippen LogP contribution in [0.15, 0.2) is 24.5 Å². The van der Waals surface area contributed by atoms with Gasteiger partial charge in [0.15, 0.2) is 0 Å². The first-order valence-corrected chi connectivity index (χ1v) is 7.77. The van der Waals surface area contributed by atoms with Gasteiger partial charge in [-0.05, 0) is 50.5 Å². The molecule has 0 unspecified atom stereocenters. The molecule has 0 radical (unpaired) electrons. The Bertz CT molecular complexity index is 915. The number of aromatic nitrogens is 4. The average molecular weight is 324 g/mol. The number of nitrogens with zero attached hydrogens (tertiary/aromatic N) is 4. The minimum Gasteiger partial charge on any atom is -0.399 e. The summed E-state index contributed by atoms with van der Waals surface area (Å²) in [5.74, 6) is 0.523. The molecule has 0 spiro atoms. The molecule has 0 atom stereocenters. The van der Waals surface area contributed by atoms with Crippen LogP contribution >= 0.6 is 0 Å². The number of carbonyl (C=O) groups is 1. The first-order valence-electron chi connectivity index (χ1n) is 7.77. The lowest BCUT2D eigenvalue weighted by molar-refractivity contribution is -0.116. The summed E-state index contributed by atoms with van der Waals surface area (Å²) in [4.78, 5) is 20.8. The van der Waals surface area contributed by atoms with Crippen LogP contribution < -0.4 is 11.1 Å². The Kier molecular flexibility index (Phi) is 4.16. The molecule has 0 bridgehead atoms. The van der Waals surface area contributed by atoms with Gasteiger partial charge < -0.3 is 11.1 Å². The number of nitrogens with two attached hydrogens (primary N) is 1. The van der Waals surface area contributed by atoms with Crippen molar-refractivity contribution < 1.29 is 4.79 Å². The van der Waals surface area contributed by atoms with E-state index in [0.717, 1.165) is 28.2 Å². The van der Waals surface area contributed by atoms with Crippen molar-refractivity contribution in [1.29, 1.82) is 0 Å². The standard InChI is InChI=1S/C17H20N6O/c1-10-4-5-13(18)8-15(10)22-16(24)7-6-14-11(2)21-17-19-9-20-23(17)12(14)3/h4-5,8-9H,6-7,18H2,1-3H3,(H,22,24). The predicted octanol–water partition coefficient (Wildman–Crippen LogP) is 2.20. The van der Waals surface area contributed by atoms with Crippen molar-refractivity contribution in [1.82, 2.24) is 19.6 Å². The van der Waals surface area contributed by atoms with Crippen molar-refractivity contribution in [2.45, 2.75) is 33.6 Å². The van der Waals surface area contributed by atoms with Gasteiger partial charge in [0.05, 0.1) is 0 Å². The van der Waals surface area contributed by atoms with Gasteiger partial charge >= 0.3 is 0 Å². The topological polar surface area (TPSA) is 98.2 Å². The van der Waals surface area contributed by atoms with E-state index in [1.807, 2.05) is 32.9 Å². The molecule has 0 saturated heterocycles. The van der Waals surface area contributed by atoms with Gasteiger partial charge in [-0.15, -0.1) is 0 Å². The van der Waals surface area contributed by atoms with Crippen LogP contribution in [0, 0.1) is 20.8 Å². The van der Waals surface area contributed by atoms with Gasteiger partial charge in [0, 0.05) is 29.2 Å². The molecular formula is C17H20N6O. The molecular weight excluding hydrogens is 304 g/mol. The Hall–Kier alpha value is -2.96. The van der Waals surface area contributed by atoms with Crippen molar-refractivity contribution >= 4 is 23.1 Å². The summed E-state index contributed by atoms with van der Waals surface area (Å²) in [6.45, 7) is 5.83. The molecule has 3 aromatic rings. The van der Waals surface area contributed by atoms with Crippen LogP contribution in [0.4, 0.5) is 11.4 Å². The van der Waals surface area contributed by atoms with Crippen molar-refractivity contribution in [2.24, 2.45) is 0 Å². The summed E-state index contributed by atoms with van der Waals surface area (Å²) < 4.78 is 1.70. The Morgan fingerprint density at radius 3 is 2.88 bits per heavy atom. The number of carbonyl (C=O) groups excluding carboxylic acids is 1. The smallest absolute Gasteiger partial charge is 0.252 e. The van der Waals surface area contributed by atoms with Gasteiger partial charge in [-0.2, -0.15) is 10.1 Å². The Labute approximate surface area is 139 Å². The van der Waals surface area contributed by atoms with Crippen LogP contribution in [0.3, 0.4) is 0 Å². The van der Waals surface area contributed by atoms with Crippen LogP contribution in [-0.2, 0) is 11.2 Å². The fourth-order valence-electron chi connectivity index (χ4n) is 2.74. The van der Waals surface area contributed by atoms with E-state index in [0.29, 0.717) is 24.3 Å². The lowest BCUT2D eigenvalue weighted by Gasteiger charge is -2.12. The maximum atomic E-state index is 12.3. The molecule has 1 aromatic carbocycles. The van der Waals surface area contributed by atoms with Crippen LogP contribution in [0.2, 0.25) is 0 Å². The van der Waals surface area contributed by atoms with E-state index in [2.05, 4.69) is 20.4 Å². The molecule has 0 fully saturated rings. The number of nitrogen functional groups attached to an aromatic ring is 1. The normalized spacial score (nSPS) is 11.0. The van der Waals surface area contributed by atoms with Crippen LogP contribution in [0.1, 0.15) is 28.9 Å². The molecule has 7 nitrogen and oxygen atoms in total. The van der Waals surface area contributed by atoms with Crippen LogP contribution in [-0.4, -0.2) is 25.5 Å². The second-order valence-corrected chi connectivity index (χ2v) is 5.86. The van der Waals surface area contributed by atoms with E-state index in [1.165, 1.54) is 6.33 Å². The number of benzene rings is 1. The van der Waals surface area contributed by atoms with E-state index in [4.69, 9.17) is 5.73 Å². The van der Waals surface area contributed by atoms with Crippen molar-refractivity contribution in [3.8, 4) is 0 Å². The lowest BCUT2D eigenvalue weighted by Crippen LogP contribution is -2.15. The molecule has 24 heavy (non-hydrogen) atoms. The van der Waals surface area contributed by atoms with E-state index in [9.17, 15) is 4.79 Å². The van der Waals surface area contributed by atoms with Crippen molar-refractivity contribution in [3.05, 3.63) is 47.0 Å². The summed E-state index contributed by atoms with van der Waals surface area (Å²) >= 11 is 0. The van der Waals surface area contributed by atoms with Crippen molar-refractivity contribution in [3.63, 3.8) is 0 Å². The minimum absolute atomic E-state index is 0.0545. The molecule has 1 amide bonds. The number of hydrogen-bond donors (Lipinski definition) is 2. The fourth-order valence-corrected chi connectivity index (χ4v) is 2.74. The van der Waals surface area contributed by atoms with Gasteiger partial charge in [0.2, 0.25) is 5.91 Å². The monoisotopic (exact) mass is 324 g/mol. The molecule has 124 valence electrons. The summed E-state index contributed by atoms with van der Waals surface area (Å²) in [5.41, 5.74) is 11.0. The summed E-state index contributed by atoms with van der Waals surface area (Å²) in [5, 5.41) is 7.08. The highest BCUT2D eigenvalue weighted by Crippen LogP contribution is 2.19. The molecule has 0 aliphatic heterocycles. The zero-order valence-corrected chi connectivity index (χ0v) is 14.0. The molecule has 0 aliphatic rings. The Morgan fingerprint density at radius 2 is 2.08 bits per heavy atom. The molecule has 0 saturated carbocycles. The van der Waals surface area contributed by atoms with Gasteiger partial charge in [0.25, 0.3) is 5.78 Å². The van der Waals surface area contributed by atoms with Crippen molar-refractivity contribution in [2.75, 3.05) is 11.1 Å². The van der Waals surface area contributed by atoms with E-state index in [1.54, 1.807) is 10.6 Å². The van der Waals surface area contributed by atoms with Gasteiger partial charge in [0.1, 0.15) is 6.33 Å². The highest BCUT2D eigenvalue weighted by Gasteiger charge is 2.13. The molecule has 2 aromatic heterocycles. The highest BCUT2D eigenvalue weighted by atomic mass is 16.1. The first kappa shape index (κ1) is 15.9. The third kappa shape index (κ3) is 3.05. The minimum atomic E-state index is -0.0545. The highest BCUT2D eigenvalue weighted by molar-refractivity contribution is 5.92. The second kappa shape index (κ2) is 6.27. The third-order valence-electron chi connectivity index (χ3n) is 4.13. The van der Waals surface area contributed by atoms with Gasteiger partial charge in [-0.25, -0.2) is 9.50 Å². The van der Waals surface area contributed by atoms with Crippen LogP contribution in [0.25, 0.3) is 5.78 Å². The number of fused-ring (bicyclic) bond motifs is 1. The van der Waals surface area contributed by atoms with E-state index >= 15 is 0 Å². The number of aryl methyl sites for hydroxylation is 3. The zero-order valence-electron chi connectivity index (χ0n) is 14.0. The zero-order chi connectivity index (χ0) is 17.3. The number of nitrogens with one attached hydrogen (secondary N) is 1. The SMILES string of the molecule is Cc1ccc(N)cc1NC(=O)CCc1c(C)nc2ncnn2c1C. The largest absolute Gasteiger partial charge is 0.399 e. The maximum absolute atomic E-state index is 12.3. The maximum Gasteiger partial charge on any atom is 0.252 e. The lowest BCUT2D eigenvalue weighted by atomic mass is 10.1. The Balaban J connectivity index is 1.73. The quantitative estimate of drug-likeness (QED) is 0.717. The third-order valence-corrected chi connectivity index (χ3v) is 4.13. The number of rotatable bonds is 4. The van der Waals surface area contributed by atoms with Crippen LogP contribution in [0.5, 0.6) is 0 Å². The second-order valence-electron chi connectivity index (χ2n) is 5.86. The van der Waals surface area contributed by atoms with E-state index < -0.39 is 0 Å². The van der Waals surface area contributed by atoms with Gasteiger partial charge in [-0.3, -0.25) is 4.79 Å². The summed E-state index contributed by atoms with van der Waals surface area (Å²) in [7, 11) is 0. The fraction of sp³-hybridized carbons (Fsp3) is 0.294. The Morgan fingerprint density at radius 1 is 1.29 bits per heavy atom. The predicted molar refractivity (Wildman–Crippen MR) is 92.8 cm³/mol. The molecule has 2 heterocycles. The number of hydrogen-bond acceptors (Lipinski definition) is 5. The molecule has 7 heteroatoms. The average Bonchev–Trinajstić information content (AvgIpc) is 2.99. The molecule has 3 N–H and O–H groups in total. The summed E-state index contributed by atoms with van der Waals surface area (Å²) in [6.07, 6.45) is 2.43. The number of anilines is 2. The molecule has 0 aliphatic carbocycles. The summed E-state index contributed by atoms with van der Waals surface area (Å²) in [6, 6.07) is 5.48. The van der Waals surface area contributed by atoms with E-state index in [-0.39, 0.29) is 5.91 Å². The molecule has 3 rings (SSSR count).